The molecule has 12 heteroatoms. The number of anilines is 1. The summed E-state index contributed by atoms with van der Waals surface area (Å²) in [5.41, 5.74) is 0.298. The molecule has 1 fully saturated rings. The van der Waals surface area contributed by atoms with Crippen LogP contribution in [0, 0.1) is 5.82 Å². The van der Waals surface area contributed by atoms with Gasteiger partial charge >= 0.3 is 0 Å². The second-order valence-electron chi connectivity index (χ2n) is 6.56. The second-order valence-corrected chi connectivity index (χ2v) is 9.41. The molecule has 2 aromatic heterocycles. The first-order valence-corrected chi connectivity index (χ1v) is 11.0. The third kappa shape index (κ3) is 3.91. The lowest BCUT2D eigenvalue weighted by atomic mass is 10.2. The van der Waals surface area contributed by atoms with Crippen molar-refractivity contribution in [2.75, 3.05) is 11.9 Å². The van der Waals surface area contributed by atoms with Crippen molar-refractivity contribution in [3.05, 3.63) is 52.6 Å². The summed E-state index contributed by atoms with van der Waals surface area (Å²) in [6, 6.07) is 5.00. The number of rotatable bonds is 5. The summed E-state index contributed by atoms with van der Waals surface area (Å²) in [5, 5.41) is 11.0. The average Bonchev–Trinajstić information content (AvgIpc) is 3.41. The quantitative estimate of drug-likeness (QED) is 0.657. The molecule has 0 saturated carbocycles. The summed E-state index contributed by atoms with van der Waals surface area (Å²) in [4.78, 5) is 16.3. The minimum atomic E-state index is -3.78. The van der Waals surface area contributed by atoms with Gasteiger partial charge in [0.1, 0.15) is 10.8 Å². The lowest BCUT2D eigenvalue weighted by Gasteiger charge is -2.20. The Balaban J connectivity index is 1.54. The van der Waals surface area contributed by atoms with Crippen LogP contribution in [0.2, 0.25) is 0 Å². The van der Waals surface area contributed by atoms with E-state index in [4.69, 9.17) is 0 Å². The van der Waals surface area contributed by atoms with E-state index in [9.17, 15) is 17.6 Å². The molecule has 1 saturated heterocycles. The predicted molar refractivity (Wildman–Crippen MR) is 103 cm³/mol. The fraction of sp³-hybridized carbons (Fsp3) is 0.294. The molecule has 29 heavy (non-hydrogen) atoms. The first kappa shape index (κ1) is 19.6. The van der Waals surface area contributed by atoms with E-state index in [0.29, 0.717) is 30.1 Å². The Bertz CT molecular complexity index is 1160. The number of nitrogens with one attached hydrogen (secondary N) is 1. The summed E-state index contributed by atoms with van der Waals surface area (Å²) >= 11 is 1.02. The number of aromatic nitrogens is 4. The zero-order valence-electron chi connectivity index (χ0n) is 15.3. The van der Waals surface area contributed by atoms with Crippen LogP contribution in [-0.4, -0.2) is 44.9 Å². The molecule has 1 aliphatic rings. The lowest BCUT2D eigenvalue weighted by Crippen LogP contribution is -2.31. The number of imidazole rings is 1. The zero-order chi connectivity index (χ0) is 20.6. The minimum Gasteiger partial charge on any atom is -0.339 e. The Labute approximate surface area is 170 Å². The lowest BCUT2D eigenvalue weighted by molar-refractivity contribution is 0.102. The molecular weight excluding hydrogens is 419 g/mol. The van der Waals surface area contributed by atoms with E-state index < -0.39 is 27.8 Å². The van der Waals surface area contributed by atoms with Gasteiger partial charge in [0, 0.05) is 25.5 Å². The van der Waals surface area contributed by atoms with E-state index in [0.717, 1.165) is 11.3 Å². The van der Waals surface area contributed by atoms with Crippen LogP contribution in [-0.2, 0) is 17.1 Å². The van der Waals surface area contributed by atoms with Crippen molar-refractivity contribution in [1.82, 2.24) is 24.1 Å². The SMILES string of the molecule is Cn1cnc(S(=O)(=O)N2CCC[C@H]2c2nnc(C(=O)Nc3cccc(F)c3)s2)c1. The van der Waals surface area contributed by atoms with Crippen molar-refractivity contribution in [2.24, 2.45) is 7.05 Å². The molecule has 1 amide bonds. The van der Waals surface area contributed by atoms with Gasteiger partial charge in [-0.25, -0.2) is 17.8 Å². The Kier molecular flexibility index (Phi) is 5.15. The Morgan fingerprint density at radius 1 is 1.34 bits per heavy atom. The van der Waals surface area contributed by atoms with Crippen LogP contribution in [0.25, 0.3) is 0 Å². The molecule has 4 rings (SSSR count). The number of carbonyl (C=O) groups excluding carboxylic acids is 1. The zero-order valence-corrected chi connectivity index (χ0v) is 17.0. The van der Waals surface area contributed by atoms with Crippen molar-refractivity contribution >= 4 is 33.0 Å². The van der Waals surface area contributed by atoms with Gasteiger partial charge in [-0.3, -0.25) is 4.79 Å². The first-order chi connectivity index (χ1) is 13.8. The van der Waals surface area contributed by atoms with Gasteiger partial charge in [-0.1, -0.05) is 17.4 Å². The van der Waals surface area contributed by atoms with Crippen molar-refractivity contribution in [2.45, 2.75) is 23.9 Å². The van der Waals surface area contributed by atoms with Crippen molar-refractivity contribution in [3.63, 3.8) is 0 Å². The van der Waals surface area contributed by atoms with E-state index in [1.54, 1.807) is 17.7 Å². The number of sulfonamides is 1. The van der Waals surface area contributed by atoms with Crippen molar-refractivity contribution < 1.29 is 17.6 Å². The molecule has 152 valence electrons. The van der Waals surface area contributed by atoms with Crippen LogP contribution < -0.4 is 5.32 Å². The maximum Gasteiger partial charge on any atom is 0.286 e. The number of benzene rings is 1. The fourth-order valence-electron chi connectivity index (χ4n) is 3.13. The molecule has 3 heterocycles. The summed E-state index contributed by atoms with van der Waals surface area (Å²) < 4.78 is 42.1. The van der Waals surface area contributed by atoms with Crippen LogP contribution in [0.1, 0.15) is 33.7 Å². The molecule has 9 nitrogen and oxygen atoms in total. The Hall–Kier alpha value is -2.70. The third-order valence-corrected chi connectivity index (χ3v) is 7.28. The summed E-state index contributed by atoms with van der Waals surface area (Å²) in [7, 11) is -2.09. The van der Waals surface area contributed by atoms with Crippen LogP contribution in [0.4, 0.5) is 10.1 Å². The third-order valence-electron chi connectivity index (χ3n) is 4.46. The van der Waals surface area contributed by atoms with Gasteiger partial charge in [-0.15, -0.1) is 10.2 Å². The van der Waals surface area contributed by atoms with Gasteiger partial charge in [-0.2, -0.15) is 4.31 Å². The predicted octanol–water partition coefficient (Wildman–Crippen LogP) is 2.19. The second kappa shape index (κ2) is 7.61. The topological polar surface area (TPSA) is 110 Å². The number of hydrogen-bond acceptors (Lipinski definition) is 7. The Morgan fingerprint density at radius 2 is 2.17 bits per heavy atom. The smallest absolute Gasteiger partial charge is 0.286 e. The summed E-state index contributed by atoms with van der Waals surface area (Å²) in [5.74, 6) is -1.00. The van der Waals surface area contributed by atoms with Crippen LogP contribution in [0.3, 0.4) is 0 Å². The number of amides is 1. The highest BCUT2D eigenvalue weighted by atomic mass is 32.2. The van der Waals surface area contributed by atoms with Crippen LogP contribution in [0.5, 0.6) is 0 Å². The van der Waals surface area contributed by atoms with E-state index >= 15 is 0 Å². The highest BCUT2D eigenvalue weighted by Gasteiger charge is 2.39. The van der Waals surface area contributed by atoms with Crippen LogP contribution in [0.15, 0.2) is 41.8 Å². The molecule has 1 N–H and O–H groups in total. The standard InChI is InChI=1S/C17H17FN6O3S2/c1-23-9-14(19-10-23)29(26,27)24-7-3-6-13(24)16-21-22-17(28-16)15(25)20-12-5-2-4-11(18)8-12/h2,4-5,8-10,13H,3,6-7H2,1H3,(H,20,25)/t13-/m0/s1. The van der Waals surface area contributed by atoms with E-state index in [2.05, 4.69) is 20.5 Å². The first-order valence-electron chi connectivity index (χ1n) is 8.75. The van der Waals surface area contributed by atoms with E-state index in [1.807, 2.05) is 0 Å². The van der Waals surface area contributed by atoms with Gasteiger partial charge in [0.05, 0.1) is 12.4 Å². The molecule has 0 radical (unpaired) electrons. The maximum absolute atomic E-state index is 13.3. The number of halogens is 1. The molecule has 1 aliphatic heterocycles. The largest absolute Gasteiger partial charge is 0.339 e. The highest BCUT2D eigenvalue weighted by Crippen LogP contribution is 2.37. The van der Waals surface area contributed by atoms with E-state index in [-0.39, 0.29) is 10.0 Å². The van der Waals surface area contributed by atoms with Crippen LogP contribution >= 0.6 is 11.3 Å². The molecule has 1 atom stereocenters. The molecule has 0 spiro atoms. The van der Waals surface area contributed by atoms with Crippen molar-refractivity contribution in [3.8, 4) is 0 Å². The summed E-state index contributed by atoms with van der Waals surface area (Å²) in [6.45, 7) is 0.341. The van der Waals surface area contributed by atoms with E-state index in [1.165, 1.54) is 35.0 Å². The van der Waals surface area contributed by atoms with Crippen molar-refractivity contribution in [1.29, 1.82) is 0 Å². The number of carbonyl (C=O) groups is 1. The average molecular weight is 436 g/mol. The molecule has 1 aromatic carbocycles. The maximum atomic E-state index is 13.3. The molecule has 3 aromatic rings. The molecule has 0 unspecified atom stereocenters. The van der Waals surface area contributed by atoms with Gasteiger partial charge in [-0.05, 0) is 31.0 Å². The Morgan fingerprint density at radius 3 is 2.90 bits per heavy atom. The number of nitrogens with zero attached hydrogens (tertiary/aromatic N) is 5. The van der Waals surface area contributed by atoms with Gasteiger partial charge in [0.15, 0.2) is 5.03 Å². The molecule has 0 bridgehead atoms. The van der Waals surface area contributed by atoms with Gasteiger partial charge < -0.3 is 9.88 Å². The number of hydrogen-bond donors (Lipinski definition) is 1. The highest BCUT2D eigenvalue weighted by molar-refractivity contribution is 7.89. The molecule has 0 aliphatic carbocycles. The normalized spacial score (nSPS) is 17.5. The monoisotopic (exact) mass is 436 g/mol. The molecular formula is C17H17FN6O3S2. The van der Waals surface area contributed by atoms with Gasteiger partial charge in [0.2, 0.25) is 5.01 Å². The number of aryl methyl sites for hydroxylation is 1. The summed E-state index contributed by atoms with van der Waals surface area (Å²) in [6.07, 6.45) is 4.12. The minimum absolute atomic E-state index is 0.0273. The van der Waals surface area contributed by atoms with Gasteiger partial charge in [0.25, 0.3) is 15.9 Å². The fourth-order valence-corrected chi connectivity index (χ4v) is 5.71.